The van der Waals surface area contributed by atoms with Gasteiger partial charge in [-0.2, -0.15) is 0 Å². The molecule has 0 saturated carbocycles. The fourth-order valence-corrected chi connectivity index (χ4v) is 3.14. The molecule has 7 heteroatoms. The van der Waals surface area contributed by atoms with Crippen LogP contribution in [0.3, 0.4) is 0 Å². The Morgan fingerprint density at radius 3 is 2.58 bits per heavy atom. The predicted molar refractivity (Wildman–Crippen MR) is 88.5 cm³/mol. The van der Waals surface area contributed by atoms with E-state index < -0.39 is 11.9 Å². The maximum absolute atomic E-state index is 11.9. The Bertz CT molecular complexity index is 689. The van der Waals surface area contributed by atoms with Crippen molar-refractivity contribution in [2.75, 3.05) is 26.2 Å². The van der Waals surface area contributed by atoms with Crippen molar-refractivity contribution in [3.8, 4) is 11.4 Å². The topological polar surface area (TPSA) is 91.7 Å². The minimum atomic E-state index is -0.685. The second kappa shape index (κ2) is 7.74. The standard InChI is InChI=1S/C17H23N3O4/c21-12-13-6-8-19(9-7-13)10-15(22)11-20-16(18-24-17(20)23)14-4-2-1-3-5-14/h1-5,13,15,21-22H,6-12H2. The molecule has 1 fully saturated rings. The van der Waals surface area contributed by atoms with Crippen molar-refractivity contribution >= 4 is 0 Å². The van der Waals surface area contributed by atoms with Crippen molar-refractivity contribution in [3.63, 3.8) is 0 Å². The Hall–Kier alpha value is -1.96. The van der Waals surface area contributed by atoms with Crippen molar-refractivity contribution in [2.45, 2.75) is 25.5 Å². The number of β-amino-alcohol motifs (C(OH)–C–C–N with tert-alkyl or cyclic N) is 1. The van der Waals surface area contributed by atoms with Crippen LogP contribution in [0.1, 0.15) is 12.8 Å². The smallest absolute Gasteiger partial charge is 0.396 e. The van der Waals surface area contributed by atoms with Gasteiger partial charge in [0, 0.05) is 18.7 Å². The van der Waals surface area contributed by atoms with Crippen LogP contribution >= 0.6 is 0 Å². The van der Waals surface area contributed by atoms with Crippen LogP contribution in [0, 0.1) is 5.92 Å². The minimum absolute atomic E-state index is 0.145. The van der Waals surface area contributed by atoms with Crippen LogP contribution in [-0.2, 0) is 6.54 Å². The molecule has 1 unspecified atom stereocenters. The van der Waals surface area contributed by atoms with Crippen molar-refractivity contribution < 1.29 is 14.7 Å². The maximum atomic E-state index is 11.9. The molecule has 0 spiro atoms. The van der Waals surface area contributed by atoms with Crippen LogP contribution in [0.4, 0.5) is 0 Å². The van der Waals surface area contributed by atoms with E-state index in [1.165, 1.54) is 4.57 Å². The number of rotatable bonds is 6. The highest BCUT2D eigenvalue weighted by molar-refractivity contribution is 5.54. The number of piperidine rings is 1. The molecule has 1 aromatic heterocycles. The molecular formula is C17H23N3O4. The fourth-order valence-electron chi connectivity index (χ4n) is 3.14. The lowest BCUT2D eigenvalue weighted by Crippen LogP contribution is -2.41. The van der Waals surface area contributed by atoms with Gasteiger partial charge in [-0.3, -0.25) is 9.09 Å². The highest BCUT2D eigenvalue weighted by Gasteiger charge is 2.22. The Labute approximate surface area is 140 Å². The van der Waals surface area contributed by atoms with Crippen LogP contribution < -0.4 is 5.76 Å². The lowest BCUT2D eigenvalue weighted by Gasteiger charge is -2.32. The maximum Gasteiger partial charge on any atom is 0.441 e. The number of hydrogen-bond donors (Lipinski definition) is 2. The molecule has 2 heterocycles. The van der Waals surface area contributed by atoms with Gasteiger partial charge in [-0.05, 0) is 31.8 Å². The second-order valence-corrected chi connectivity index (χ2v) is 6.33. The molecule has 24 heavy (non-hydrogen) atoms. The Balaban J connectivity index is 1.64. The molecule has 0 radical (unpaired) electrons. The molecule has 2 N–H and O–H groups in total. The van der Waals surface area contributed by atoms with Crippen LogP contribution in [0.2, 0.25) is 0 Å². The summed E-state index contributed by atoms with van der Waals surface area (Å²) in [6.45, 7) is 2.57. The van der Waals surface area contributed by atoms with E-state index in [9.17, 15) is 15.0 Å². The molecule has 1 atom stereocenters. The van der Waals surface area contributed by atoms with E-state index in [0.29, 0.717) is 18.3 Å². The largest absolute Gasteiger partial charge is 0.441 e. The zero-order valence-electron chi connectivity index (χ0n) is 13.5. The number of aliphatic hydroxyl groups excluding tert-OH is 2. The van der Waals surface area contributed by atoms with Gasteiger partial charge in [0.25, 0.3) is 0 Å². The van der Waals surface area contributed by atoms with E-state index in [1.54, 1.807) is 0 Å². The van der Waals surface area contributed by atoms with E-state index in [0.717, 1.165) is 31.5 Å². The number of nitrogens with zero attached hydrogens (tertiary/aromatic N) is 3. The number of aromatic nitrogens is 2. The molecular weight excluding hydrogens is 310 g/mol. The zero-order chi connectivity index (χ0) is 16.9. The van der Waals surface area contributed by atoms with E-state index >= 15 is 0 Å². The number of aliphatic hydroxyl groups is 2. The van der Waals surface area contributed by atoms with Crippen molar-refractivity contribution in [2.24, 2.45) is 5.92 Å². The minimum Gasteiger partial charge on any atom is -0.396 e. The third-order valence-electron chi connectivity index (χ3n) is 4.55. The lowest BCUT2D eigenvalue weighted by molar-refractivity contribution is 0.0671. The highest BCUT2D eigenvalue weighted by Crippen LogP contribution is 2.18. The van der Waals surface area contributed by atoms with Crippen molar-refractivity contribution in [1.29, 1.82) is 0 Å². The van der Waals surface area contributed by atoms with Crippen LogP contribution in [0.5, 0.6) is 0 Å². The van der Waals surface area contributed by atoms with Gasteiger partial charge in [0.1, 0.15) is 0 Å². The number of benzene rings is 1. The summed E-state index contributed by atoms with van der Waals surface area (Å²) in [5.41, 5.74) is 0.777. The molecule has 130 valence electrons. The quantitative estimate of drug-likeness (QED) is 0.803. The van der Waals surface area contributed by atoms with Gasteiger partial charge < -0.3 is 15.1 Å². The normalized spacial score (nSPS) is 17.9. The van der Waals surface area contributed by atoms with Crippen LogP contribution in [0.25, 0.3) is 11.4 Å². The first-order valence-electron chi connectivity index (χ1n) is 8.30. The molecule has 2 aromatic rings. The van der Waals surface area contributed by atoms with Gasteiger partial charge in [-0.1, -0.05) is 35.5 Å². The summed E-state index contributed by atoms with van der Waals surface area (Å²) < 4.78 is 6.15. The van der Waals surface area contributed by atoms with Gasteiger partial charge in [0.15, 0.2) is 5.82 Å². The molecule has 1 aliphatic heterocycles. The van der Waals surface area contributed by atoms with Crippen molar-refractivity contribution in [3.05, 3.63) is 40.9 Å². The molecule has 7 nitrogen and oxygen atoms in total. The average Bonchev–Trinajstić information content (AvgIpc) is 2.97. The summed E-state index contributed by atoms with van der Waals surface area (Å²) in [7, 11) is 0. The predicted octanol–water partition coefficient (Wildman–Crippen LogP) is 0.569. The van der Waals surface area contributed by atoms with Crippen LogP contribution in [-0.4, -0.2) is 57.2 Å². The summed E-state index contributed by atoms with van der Waals surface area (Å²) in [5, 5.41) is 23.4. The summed E-state index contributed by atoms with van der Waals surface area (Å²) in [6.07, 6.45) is 1.19. The Morgan fingerprint density at radius 2 is 1.92 bits per heavy atom. The van der Waals surface area contributed by atoms with Crippen LogP contribution in [0.15, 0.2) is 39.6 Å². The van der Waals surface area contributed by atoms with E-state index in [4.69, 9.17) is 4.52 Å². The van der Waals surface area contributed by atoms with Gasteiger partial charge in [0.2, 0.25) is 0 Å². The van der Waals surface area contributed by atoms with E-state index in [1.807, 2.05) is 30.3 Å². The van der Waals surface area contributed by atoms with Gasteiger partial charge >= 0.3 is 5.76 Å². The third-order valence-corrected chi connectivity index (χ3v) is 4.55. The monoisotopic (exact) mass is 333 g/mol. The lowest BCUT2D eigenvalue weighted by atomic mass is 9.98. The van der Waals surface area contributed by atoms with Gasteiger partial charge in [-0.25, -0.2) is 4.79 Å². The van der Waals surface area contributed by atoms with Crippen molar-refractivity contribution in [1.82, 2.24) is 14.6 Å². The van der Waals surface area contributed by atoms with Gasteiger partial charge in [0.05, 0.1) is 12.6 Å². The summed E-state index contributed by atoms with van der Waals surface area (Å²) in [4.78, 5) is 14.1. The Morgan fingerprint density at radius 1 is 1.21 bits per heavy atom. The SMILES string of the molecule is O=c1onc(-c2ccccc2)n1CC(O)CN1CCC(CO)CC1. The molecule has 1 aliphatic rings. The number of hydrogen-bond acceptors (Lipinski definition) is 6. The highest BCUT2D eigenvalue weighted by atomic mass is 16.5. The average molecular weight is 333 g/mol. The second-order valence-electron chi connectivity index (χ2n) is 6.33. The van der Waals surface area contributed by atoms with E-state index in [-0.39, 0.29) is 13.2 Å². The molecule has 0 aliphatic carbocycles. The molecule has 0 bridgehead atoms. The van der Waals surface area contributed by atoms with Gasteiger partial charge in [-0.15, -0.1) is 0 Å². The summed E-state index contributed by atoms with van der Waals surface area (Å²) >= 11 is 0. The molecule has 1 aromatic carbocycles. The summed E-state index contributed by atoms with van der Waals surface area (Å²) in [6, 6.07) is 9.30. The van der Waals surface area contributed by atoms with E-state index in [2.05, 4.69) is 10.1 Å². The fraction of sp³-hybridized carbons (Fsp3) is 0.529. The number of likely N-dealkylation sites (tertiary alicyclic amines) is 1. The molecule has 1 saturated heterocycles. The first-order chi connectivity index (χ1) is 11.7. The first-order valence-corrected chi connectivity index (χ1v) is 8.30. The molecule has 0 amide bonds. The summed E-state index contributed by atoms with van der Waals surface area (Å²) in [5.74, 6) is 0.231. The molecule has 3 rings (SSSR count). The first kappa shape index (κ1) is 16.9. The third kappa shape index (κ3) is 3.92. The zero-order valence-corrected chi connectivity index (χ0v) is 13.5. The Kier molecular flexibility index (Phi) is 5.44.